The summed E-state index contributed by atoms with van der Waals surface area (Å²) < 4.78 is 5.37. The van der Waals surface area contributed by atoms with Crippen LogP contribution in [0.5, 0.6) is 5.75 Å². The van der Waals surface area contributed by atoms with Gasteiger partial charge in [0.25, 0.3) is 0 Å². The summed E-state index contributed by atoms with van der Waals surface area (Å²) in [5.74, 6) is 0.215. The van der Waals surface area contributed by atoms with E-state index in [-0.39, 0.29) is 24.5 Å². The fourth-order valence-corrected chi connectivity index (χ4v) is 2.96. The number of urea groups is 2. The van der Waals surface area contributed by atoms with Crippen molar-refractivity contribution in [3.8, 4) is 5.75 Å². The monoisotopic (exact) mass is 409 g/mol. The van der Waals surface area contributed by atoms with E-state index in [1.54, 1.807) is 36.7 Å². The Bertz CT molecular complexity index is 946. The molecule has 1 saturated heterocycles. The third kappa shape index (κ3) is 6.06. The van der Waals surface area contributed by atoms with Crippen LogP contribution in [0.1, 0.15) is 12.0 Å². The van der Waals surface area contributed by atoms with E-state index < -0.39 is 6.03 Å². The molecule has 1 aliphatic heterocycles. The first-order valence-corrected chi connectivity index (χ1v) is 9.47. The number of hydrogen-bond donors (Lipinski definition) is 4. The van der Waals surface area contributed by atoms with Crippen LogP contribution in [0, 0.1) is 0 Å². The smallest absolute Gasteiger partial charge is 0.323 e. The van der Waals surface area contributed by atoms with Crippen molar-refractivity contribution in [2.45, 2.75) is 18.9 Å². The van der Waals surface area contributed by atoms with E-state index in [1.807, 2.05) is 6.07 Å². The number of carbonyl (C=O) groups is 3. The highest BCUT2D eigenvalue weighted by molar-refractivity contribution is 6.00. The number of hydrogen-bond acceptors (Lipinski definition) is 5. The number of pyridine rings is 1. The highest BCUT2D eigenvalue weighted by atomic mass is 16.5. The molecule has 1 atom stereocenters. The van der Waals surface area contributed by atoms with Gasteiger partial charge in [-0.05, 0) is 42.7 Å². The van der Waals surface area contributed by atoms with Gasteiger partial charge in [0.2, 0.25) is 0 Å². The highest BCUT2D eigenvalue weighted by Gasteiger charge is 2.19. The van der Waals surface area contributed by atoms with Crippen LogP contribution in [0.4, 0.5) is 21.0 Å². The summed E-state index contributed by atoms with van der Waals surface area (Å²) in [6.45, 7) is 3.89. The van der Waals surface area contributed by atoms with Gasteiger partial charge in [0.05, 0.1) is 11.9 Å². The Morgan fingerprint density at radius 2 is 2.17 bits per heavy atom. The first-order valence-electron chi connectivity index (χ1n) is 9.47. The van der Waals surface area contributed by atoms with Crippen LogP contribution in [0.3, 0.4) is 0 Å². The Hall–Kier alpha value is -3.88. The molecule has 30 heavy (non-hydrogen) atoms. The predicted molar refractivity (Wildman–Crippen MR) is 113 cm³/mol. The van der Waals surface area contributed by atoms with Gasteiger partial charge in [0.15, 0.2) is 12.4 Å². The lowest BCUT2D eigenvalue weighted by molar-refractivity contribution is -0.116. The Morgan fingerprint density at radius 1 is 1.30 bits per heavy atom. The maximum Gasteiger partial charge on any atom is 0.323 e. The molecule has 2 heterocycles. The molecule has 0 bridgehead atoms. The second-order valence-electron chi connectivity index (χ2n) is 6.69. The van der Waals surface area contributed by atoms with Crippen LogP contribution in [0.25, 0.3) is 0 Å². The van der Waals surface area contributed by atoms with Crippen molar-refractivity contribution in [2.24, 2.45) is 0 Å². The summed E-state index contributed by atoms with van der Waals surface area (Å²) in [7, 11) is 0. The van der Waals surface area contributed by atoms with Gasteiger partial charge >= 0.3 is 12.1 Å². The quantitative estimate of drug-likeness (QED) is 0.499. The molecule has 0 saturated carbocycles. The molecule has 3 rings (SSSR count). The largest absolute Gasteiger partial charge is 0.485 e. The number of carbonyl (C=O) groups excluding carboxylic acids is 3. The Balaban J connectivity index is 1.60. The van der Waals surface area contributed by atoms with Gasteiger partial charge in [0, 0.05) is 30.5 Å². The molecule has 4 amide bonds. The number of rotatable bonds is 8. The van der Waals surface area contributed by atoms with Crippen molar-refractivity contribution in [3.63, 3.8) is 0 Å². The molecule has 1 aromatic carbocycles. The van der Waals surface area contributed by atoms with Gasteiger partial charge in [-0.1, -0.05) is 12.6 Å². The Morgan fingerprint density at radius 3 is 2.97 bits per heavy atom. The Kier molecular flexibility index (Phi) is 6.99. The second-order valence-corrected chi connectivity index (χ2v) is 6.69. The Labute approximate surface area is 173 Å². The fourth-order valence-electron chi connectivity index (χ4n) is 2.96. The molecule has 1 unspecified atom stereocenters. The molecule has 9 heteroatoms. The third-order valence-electron chi connectivity index (χ3n) is 4.44. The van der Waals surface area contributed by atoms with E-state index >= 15 is 0 Å². The minimum atomic E-state index is -0.446. The molecule has 0 spiro atoms. The van der Waals surface area contributed by atoms with Crippen LogP contribution >= 0.6 is 0 Å². The van der Waals surface area contributed by atoms with E-state index in [0.717, 1.165) is 12.0 Å². The number of ketones is 1. The molecule has 1 fully saturated rings. The number of nitrogens with zero attached hydrogens (tertiary/aromatic N) is 1. The van der Waals surface area contributed by atoms with Crippen molar-refractivity contribution in [1.82, 2.24) is 15.6 Å². The van der Waals surface area contributed by atoms with Gasteiger partial charge in [-0.15, -0.1) is 0 Å². The summed E-state index contributed by atoms with van der Waals surface area (Å²) in [5.41, 5.74) is 1.94. The first-order chi connectivity index (χ1) is 14.5. The van der Waals surface area contributed by atoms with E-state index in [4.69, 9.17) is 4.74 Å². The molecule has 4 N–H and O–H groups in total. The van der Waals surface area contributed by atoms with Crippen molar-refractivity contribution in [3.05, 3.63) is 60.9 Å². The maximum absolute atomic E-state index is 12.5. The summed E-state index contributed by atoms with van der Waals surface area (Å²) in [6.07, 6.45) is 5.77. The number of nitrogens with one attached hydrogen (secondary N) is 4. The number of amides is 4. The molecule has 0 radical (unpaired) electrons. The highest BCUT2D eigenvalue weighted by Crippen LogP contribution is 2.20. The maximum atomic E-state index is 12.5. The van der Waals surface area contributed by atoms with Crippen LogP contribution in [0.2, 0.25) is 0 Å². The normalized spacial score (nSPS) is 15.3. The zero-order valence-corrected chi connectivity index (χ0v) is 16.3. The minimum absolute atomic E-state index is 0.0168. The van der Waals surface area contributed by atoms with Crippen molar-refractivity contribution in [2.75, 3.05) is 23.8 Å². The molecular formula is C21H23N5O4. The lowest BCUT2D eigenvalue weighted by Crippen LogP contribution is -2.50. The summed E-state index contributed by atoms with van der Waals surface area (Å²) in [6, 6.07) is 7.87. The molecule has 1 aromatic heterocycles. The van der Waals surface area contributed by atoms with Crippen LogP contribution < -0.4 is 26.0 Å². The number of benzene rings is 1. The summed E-state index contributed by atoms with van der Waals surface area (Å²) in [4.78, 5) is 39.3. The lowest BCUT2D eigenvalue weighted by atomic mass is 10.0. The number of aromatic nitrogens is 1. The van der Waals surface area contributed by atoms with Gasteiger partial charge in [0.1, 0.15) is 5.75 Å². The van der Waals surface area contributed by atoms with Crippen molar-refractivity contribution in [1.29, 1.82) is 0 Å². The van der Waals surface area contributed by atoms with Gasteiger partial charge in [-0.3, -0.25) is 9.78 Å². The van der Waals surface area contributed by atoms with E-state index in [1.165, 1.54) is 6.08 Å². The van der Waals surface area contributed by atoms with E-state index in [9.17, 15) is 14.4 Å². The van der Waals surface area contributed by atoms with Gasteiger partial charge in [-0.25, -0.2) is 9.59 Å². The topological polar surface area (TPSA) is 121 Å². The van der Waals surface area contributed by atoms with Crippen molar-refractivity contribution < 1.29 is 19.1 Å². The minimum Gasteiger partial charge on any atom is -0.485 e. The lowest BCUT2D eigenvalue weighted by Gasteiger charge is -2.25. The van der Waals surface area contributed by atoms with Crippen LogP contribution in [-0.4, -0.2) is 42.0 Å². The second kappa shape index (κ2) is 10.1. The molecule has 0 aliphatic carbocycles. The zero-order valence-electron chi connectivity index (χ0n) is 16.3. The summed E-state index contributed by atoms with van der Waals surface area (Å²) in [5, 5.41) is 11.1. The predicted octanol–water partition coefficient (Wildman–Crippen LogP) is 2.47. The third-order valence-corrected chi connectivity index (χ3v) is 4.44. The molecule has 1 aliphatic rings. The molecular weight excluding hydrogens is 386 g/mol. The SMILES string of the molecule is C=CC(=O)COc1cccc(NC(=O)Nc2cnccc2CC2CCNC(=O)N2)c1. The number of anilines is 2. The average Bonchev–Trinajstić information content (AvgIpc) is 2.73. The standard InChI is InChI=1S/C21H23N5O4/c1-2-17(27)13-30-18-5-3-4-15(11-18)25-21(29)26-19-12-22-8-6-14(19)10-16-7-9-23-20(28)24-16/h2-6,8,11-12,16H,1,7,9-10,13H2,(H2,23,24,28)(H2,25,26,29). The summed E-state index contributed by atoms with van der Waals surface area (Å²) >= 11 is 0. The van der Waals surface area contributed by atoms with Crippen molar-refractivity contribution >= 4 is 29.2 Å². The molecule has 156 valence electrons. The van der Waals surface area contributed by atoms with Crippen LogP contribution in [0.15, 0.2) is 55.4 Å². The van der Waals surface area contributed by atoms with Crippen LogP contribution in [-0.2, 0) is 11.2 Å². The van der Waals surface area contributed by atoms with E-state index in [0.29, 0.717) is 30.1 Å². The van der Waals surface area contributed by atoms with E-state index in [2.05, 4.69) is 32.8 Å². The van der Waals surface area contributed by atoms with Gasteiger partial charge in [-0.2, -0.15) is 0 Å². The molecule has 2 aromatic rings. The average molecular weight is 409 g/mol. The number of ether oxygens (including phenoxy) is 1. The van der Waals surface area contributed by atoms with Gasteiger partial charge < -0.3 is 26.0 Å². The fraction of sp³-hybridized carbons (Fsp3) is 0.238. The zero-order chi connectivity index (χ0) is 21.3. The molecule has 9 nitrogen and oxygen atoms in total. The first kappa shape index (κ1) is 20.8.